The van der Waals surface area contributed by atoms with Crippen LogP contribution in [0.15, 0.2) is 6.20 Å². The molecule has 0 unspecified atom stereocenters. The van der Waals surface area contributed by atoms with Crippen LogP contribution in [0.5, 0.6) is 0 Å². The lowest BCUT2D eigenvalue weighted by Gasteiger charge is -2.32. The van der Waals surface area contributed by atoms with Gasteiger partial charge in [0.15, 0.2) is 5.13 Å². The molecule has 1 aliphatic heterocycles. The van der Waals surface area contributed by atoms with Gasteiger partial charge in [0, 0.05) is 41.6 Å². The zero-order chi connectivity index (χ0) is 24.1. The van der Waals surface area contributed by atoms with Crippen molar-refractivity contribution < 1.29 is 4.79 Å². The molecule has 7 nitrogen and oxygen atoms in total. The highest BCUT2D eigenvalue weighted by atomic mass is 32.1. The SMILES string of the molecule is Cc1ncc(CC(=O)NC2CCC(CCN3CCc4sc(NCC(C)(C)C#N)nc4C3)CC2)s1. The second-order valence-corrected chi connectivity index (χ2v) is 12.8. The number of carbonyl (C=O) groups excluding carboxylic acids is 1. The number of anilines is 1. The molecule has 0 spiro atoms. The average molecular weight is 501 g/mol. The molecule has 34 heavy (non-hydrogen) atoms. The summed E-state index contributed by atoms with van der Waals surface area (Å²) < 4.78 is 0. The second-order valence-electron chi connectivity index (χ2n) is 10.4. The first-order valence-corrected chi connectivity index (χ1v) is 14.0. The van der Waals surface area contributed by atoms with E-state index in [1.807, 2.05) is 27.0 Å². The molecule has 1 saturated carbocycles. The van der Waals surface area contributed by atoms with Gasteiger partial charge in [-0.25, -0.2) is 9.97 Å². The Kier molecular flexibility index (Phi) is 8.22. The maximum atomic E-state index is 12.3. The van der Waals surface area contributed by atoms with Crippen LogP contribution >= 0.6 is 22.7 Å². The molecule has 184 valence electrons. The second kappa shape index (κ2) is 11.1. The number of rotatable bonds is 9. The minimum atomic E-state index is -0.388. The van der Waals surface area contributed by atoms with E-state index in [9.17, 15) is 10.1 Å². The van der Waals surface area contributed by atoms with Crippen LogP contribution in [0.4, 0.5) is 5.13 Å². The Morgan fingerprint density at radius 2 is 2.09 bits per heavy atom. The number of hydrogen-bond acceptors (Lipinski definition) is 8. The van der Waals surface area contributed by atoms with E-state index in [1.54, 1.807) is 22.7 Å². The molecule has 0 bridgehead atoms. The van der Waals surface area contributed by atoms with Gasteiger partial charge >= 0.3 is 0 Å². The fourth-order valence-electron chi connectivity index (χ4n) is 4.74. The third kappa shape index (κ3) is 7.00. The third-order valence-corrected chi connectivity index (χ3v) is 8.89. The number of aromatic nitrogens is 2. The lowest BCUT2D eigenvalue weighted by atomic mass is 9.84. The Labute approximate surface area is 211 Å². The summed E-state index contributed by atoms with van der Waals surface area (Å²) in [5.74, 6) is 0.879. The normalized spacial score (nSPS) is 21.0. The molecule has 0 aromatic carbocycles. The molecule has 2 aromatic rings. The quantitative estimate of drug-likeness (QED) is 0.525. The molecule has 2 aromatic heterocycles. The van der Waals surface area contributed by atoms with Crippen molar-refractivity contribution >= 4 is 33.7 Å². The maximum absolute atomic E-state index is 12.3. The van der Waals surface area contributed by atoms with Crippen molar-refractivity contribution in [1.29, 1.82) is 5.26 Å². The van der Waals surface area contributed by atoms with Gasteiger partial charge < -0.3 is 10.6 Å². The van der Waals surface area contributed by atoms with E-state index in [0.717, 1.165) is 59.8 Å². The Morgan fingerprint density at radius 1 is 1.29 bits per heavy atom. The van der Waals surface area contributed by atoms with Crippen LogP contribution in [-0.4, -0.2) is 46.5 Å². The molecular formula is C25H36N6OS2. The molecule has 2 N–H and O–H groups in total. The lowest BCUT2D eigenvalue weighted by Crippen LogP contribution is -2.39. The van der Waals surface area contributed by atoms with Gasteiger partial charge in [-0.05, 0) is 71.8 Å². The first-order valence-electron chi connectivity index (χ1n) is 12.4. The Bertz CT molecular complexity index is 1020. The smallest absolute Gasteiger partial charge is 0.225 e. The van der Waals surface area contributed by atoms with Gasteiger partial charge in [-0.15, -0.1) is 22.7 Å². The summed E-state index contributed by atoms with van der Waals surface area (Å²) in [4.78, 5) is 26.4. The van der Waals surface area contributed by atoms with Crippen LogP contribution in [-0.2, 0) is 24.2 Å². The van der Waals surface area contributed by atoms with Gasteiger partial charge in [0.2, 0.25) is 5.91 Å². The largest absolute Gasteiger partial charge is 0.360 e. The summed E-state index contributed by atoms with van der Waals surface area (Å²) in [5.41, 5.74) is 0.817. The molecule has 1 amide bonds. The van der Waals surface area contributed by atoms with E-state index < -0.39 is 0 Å². The molecule has 2 aliphatic rings. The van der Waals surface area contributed by atoms with Gasteiger partial charge in [0.25, 0.3) is 0 Å². The van der Waals surface area contributed by atoms with Crippen molar-refractivity contribution in [2.45, 2.75) is 78.3 Å². The van der Waals surface area contributed by atoms with Crippen LogP contribution in [0.3, 0.4) is 0 Å². The molecular weight excluding hydrogens is 464 g/mol. The highest BCUT2D eigenvalue weighted by molar-refractivity contribution is 7.15. The summed E-state index contributed by atoms with van der Waals surface area (Å²) in [7, 11) is 0. The summed E-state index contributed by atoms with van der Waals surface area (Å²) in [6, 6.07) is 2.66. The summed E-state index contributed by atoms with van der Waals surface area (Å²) in [6.07, 6.45) is 9.12. The Morgan fingerprint density at radius 3 is 2.79 bits per heavy atom. The number of fused-ring (bicyclic) bond motifs is 1. The van der Waals surface area contributed by atoms with Crippen molar-refractivity contribution in [3.05, 3.63) is 26.7 Å². The van der Waals surface area contributed by atoms with E-state index in [0.29, 0.717) is 19.0 Å². The van der Waals surface area contributed by atoms with Crippen LogP contribution in [0.1, 0.15) is 66.4 Å². The Hall–Kier alpha value is -2.02. The summed E-state index contributed by atoms with van der Waals surface area (Å²) in [6.45, 7) is 9.63. The molecule has 9 heteroatoms. The summed E-state index contributed by atoms with van der Waals surface area (Å²) in [5, 5.41) is 17.8. The fourth-order valence-corrected chi connectivity index (χ4v) is 6.49. The minimum Gasteiger partial charge on any atom is -0.360 e. The van der Waals surface area contributed by atoms with E-state index >= 15 is 0 Å². The molecule has 1 fully saturated rings. The molecule has 0 saturated heterocycles. The van der Waals surface area contributed by atoms with Crippen LogP contribution in [0.2, 0.25) is 0 Å². The predicted molar refractivity (Wildman–Crippen MR) is 138 cm³/mol. The average Bonchev–Trinajstić information content (AvgIpc) is 3.42. The molecule has 0 radical (unpaired) electrons. The standard InChI is InChI=1S/C25H36N6OS2/c1-17-27-13-20(33-17)12-23(32)29-19-6-4-18(5-7-19)8-10-31-11-9-22-21(14-31)30-24(34-22)28-16-25(2,3)15-26/h13,18-19H,4-12,14,16H2,1-3H3,(H,28,30)(H,29,32). The van der Waals surface area contributed by atoms with Crippen LogP contribution < -0.4 is 10.6 Å². The molecule has 1 aliphatic carbocycles. The summed E-state index contributed by atoms with van der Waals surface area (Å²) >= 11 is 3.35. The zero-order valence-electron chi connectivity index (χ0n) is 20.5. The molecule has 4 rings (SSSR count). The number of carbonyl (C=O) groups is 1. The fraction of sp³-hybridized carbons (Fsp3) is 0.680. The number of nitrogens with one attached hydrogen (secondary N) is 2. The molecule has 3 heterocycles. The van der Waals surface area contributed by atoms with Crippen molar-refractivity contribution in [3.8, 4) is 6.07 Å². The van der Waals surface area contributed by atoms with Crippen molar-refractivity contribution in [3.63, 3.8) is 0 Å². The van der Waals surface area contributed by atoms with Gasteiger partial charge in [0.05, 0.1) is 28.6 Å². The Balaban J connectivity index is 1.15. The number of nitriles is 1. The lowest BCUT2D eigenvalue weighted by molar-refractivity contribution is -0.121. The van der Waals surface area contributed by atoms with Crippen molar-refractivity contribution in [2.75, 3.05) is 25.0 Å². The first kappa shape index (κ1) is 25.1. The zero-order valence-corrected chi connectivity index (χ0v) is 22.2. The number of thiazole rings is 2. The van der Waals surface area contributed by atoms with E-state index in [4.69, 9.17) is 4.98 Å². The third-order valence-electron chi connectivity index (χ3n) is 6.86. The van der Waals surface area contributed by atoms with Crippen LogP contribution in [0, 0.1) is 29.6 Å². The van der Waals surface area contributed by atoms with Gasteiger partial charge in [-0.1, -0.05) is 0 Å². The number of hydrogen-bond donors (Lipinski definition) is 2. The van der Waals surface area contributed by atoms with Crippen LogP contribution in [0.25, 0.3) is 0 Å². The van der Waals surface area contributed by atoms with Crippen molar-refractivity contribution in [2.24, 2.45) is 11.3 Å². The number of amides is 1. The van der Waals surface area contributed by atoms with E-state index in [-0.39, 0.29) is 11.3 Å². The highest BCUT2D eigenvalue weighted by Crippen LogP contribution is 2.31. The minimum absolute atomic E-state index is 0.129. The van der Waals surface area contributed by atoms with Crippen molar-refractivity contribution in [1.82, 2.24) is 20.2 Å². The van der Waals surface area contributed by atoms with E-state index in [1.165, 1.54) is 29.8 Å². The topological polar surface area (TPSA) is 93.9 Å². The van der Waals surface area contributed by atoms with Gasteiger partial charge in [-0.3, -0.25) is 9.69 Å². The first-order chi connectivity index (χ1) is 16.3. The van der Waals surface area contributed by atoms with Gasteiger partial charge in [0.1, 0.15) is 0 Å². The maximum Gasteiger partial charge on any atom is 0.225 e. The highest BCUT2D eigenvalue weighted by Gasteiger charge is 2.25. The number of aryl methyl sites for hydroxylation is 1. The monoisotopic (exact) mass is 500 g/mol. The van der Waals surface area contributed by atoms with E-state index in [2.05, 4.69) is 26.6 Å². The number of nitrogens with zero attached hydrogens (tertiary/aromatic N) is 4. The predicted octanol–water partition coefficient (Wildman–Crippen LogP) is 4.54. The van der Waals surface area contributed by atoms with Gasteiger partial charge in [-0.2, -0.15) is 5.26 Å². The molecule has 0 atom stereocenters.